The van der Waals surface area contributed by atoms with Gasteiger partial charge in [0.05, 0.1) is 11.9 Å². The second kappa shape index (κ2) is 4.58. The number of hydrogen-bond donors (Lipinski definition) is 1. The molecule has 0 aliphatic carbocycles. The van der Waals surface area contributed by atoms with E-state index in [4.69, 9.17) is 5.26 Å². The predicted molar refractivity (Wildman–Crippen MR) is 70.2 cm³/mol. The van der Waals surface area contributed by atoms with Gasteiger partial charge >= 0.3 is 0 Å². The van der Waals surface area contributed by atoms with Crippen molar-refractivity contribution in [3.8, 4) is 6.07 Å². The quantitative estimate of drug-likeness (QED) is 0.851. The number of hydrogen-bond acceptors (Lipinski definition) is 4. The summed E-state index contributed by atoms with van der Waals surface area (Å²) in [6, 6.07) is 6.53. The summed E-state index contributed by atoms with van der Waals surface area (Å²) in [4.78, 5) is 6.66. The lowest BCUT2D eigenvalue weighted by Gasteiger charge is -2.28. The zero-order chi connectivity index (χ0) is 12.5. The van der Waals surface area contributed by atoms with Gasteiger partial charge in [-0.3, -0.25) is 0 Å². The molecule has 0 saturated carbocycles. The normalized spacial score (nSPS) is 30.2. The van der Waals surface area contributed by atoms with E-state index in [9.17, 15) is 0 Å². The number of nitrogens with one attached hydrogen (secondary N) is 1. The van der Waals surface area contributed by atoms with Crippen molar-refractivity contribution in [3.05, 3.63) is 24.0 Å². The fraction of sp³-hybridized carbons (Fsp3) is 0.571. The van der Waals surface area contributed by atoms with Crippen molar-refractivity contribution in [1.82, 2.24) is 10.3 Å². The molecule has 1 aromatic heterocycles. The van der Waals surface area contributed by atoms with Crippen LogP contribution in [0.5, 0.6) is 0 Å². The number of nitriles is 1. The molecule has 0 bridgehead atoms. The third-order valence-corrected chi connectivity index (χ3v) is 4.33. The first-order chi connectivity index (χ1) is 8.83. The Bertz CT molecular complexity index is 462. The first kappa shape index (κ1) is 11.5. The van der Waals surface area contributed by atoms with Crippen molar-refractivity contribution >= 4 is 5.69 Å². The minimum Gasteiger partial charge on any atom is -0.367 e. The minimum atomic E-state index is 0.493. The Morgan fingerprint density at radius 3 is 3.06 bits per heavy atom. The van der Waals surface area contributed by atoms with Gasteiger partial charge in [0.2, 0.25) is 0 Å². The molecule has 3 atom stereocenters. The van der Waals surface area contributed by atoms with Crippen LogP contribution in [0.25, 0.3) is 0 Å². The van der Waals surface area contributed by atoms with Gasteiger partial charge in [-0.15, -0.1) is 0 Å². The standard InChI is InChI=1S/C14H18N4/c1-2-14-13-8-16-6-10(13)9-18(14)12-4-3-11(5-15)17-7-12/h3-4,7,10,13-14,16H,2,6,8-9H2,1H3. The molecule has 0 amide bonds. The zero-order valence-corrected chi connectivity index (χ0v) is 10.6. The highest BCUT2D eigenvalue weighted by molar-refractivity contribution is 5.49. The van der Waals surface area contributed by atoms with Gasteiger partial charge in [-0.25, -0.2) is 4.98 Å². The molecule has 2 saturated heterocycles. The second-order valence-corrected chi connectivity index (χ2v) is 5.22. The largest absolute Gasteiger partial charge is 0.367 e. The number of anilines is 1. The molecule has 0 aromatic carbocycles. The molecular formula is C14H18N4. The third-order valence-electron chi connectivity index (χ3n) is 4.33. The number of aromatic nitrogens is 1. The van der Waals surface area contributed by atoms with Gasteiger partial charge in [0.15, 0.2) is 0 Å². The molecule has 1 aromatic rings. The lowest BCUT2D eigenvalue weighted by atomic mass is 9.93. The van der Waals surface area contributed by atoms with E-state index in [1.54, 1.807) is 0 Å². The van der Waals surface area contributed by atoms with Crippen LogP contribution in [0.2, 0.25) is 0 Å². The van der Waals surface area contributed by atoms with Crippen molar-refractivity contribution in [2.24, 2.45) is 11.8 Å². The summed E-state index contributed by atoms with van der Waals surface area (Å²) in [7, 11) is 0. The van der Waals surface area contributed by atoms with Gasteiger partial charge in [-0.05, 0) is 30.4 Å². The highest BCUT2D eigenvalue weighted by atomic mass is 15.2. The monoisotopic (exact) mass is 242 g/mol. The van der Waals surface area contributed by atoms with Crippen LogP contribution in [-0.4, -0.2) is 30.7 Å². The average Bonchev–Trinajstić information content (AvgIpc) is 2.98. The smallest absolute Gasteiger partial charge is 0.140 e. The molecule has 2 aliphatic heterocycles. The Morgan fingerprint density at radius 1 is 1.50 bits per heavy atom. The zero-order valence-electron chi connectivity index (χ0n) is 10.6. The first-order valence-electron chi connectivity index (χ1n) is 6.67. The number of fused-ring (bicyclic) bond motifs is 1. The van der Waals surface area contributed by atoms with Crippen molar-refractivity contribution in [2.45, 2.75) is 19.4 Å². The van der Waals surface area contributed by atoms with Gasteiger partial charge in [-0.1, -0.05) is 6.92 Å². The molecule has 94 valence electrons. The summed E-state index contributed by atoms with van der Waals surface area (Å²) in [5.41, 5.74) is 1.66. The van der Waals surface area contributed by atoms with Crippen LogP contribution < -0.4 is 10.2 Å². The van der Waals surface area contributed by atoms with E-state index in [1.165, 1.54) is 6.42 Å². The van der Waals surface area contributed by atoms with Gasteiger partial charge in [0, 0.05) is 25.7 Å². The first-order valence-corrected chi connectivity index (χ1v) is 6.67. The summed E-state index contributed by atoms with van der Waals surface area (Å²) in [6.07, 6.45) is 3.01. The Labute approximate surface area is 108 Å². The van der Waals surface area contributed by atoms with Gasteiger partial charge in [0.1, 0.15) is 11.8 Å². The third kappa shape index (κ3) is 1.75. The van der Waals surface area contributed by atoms with Gasteiger partial charge in [0.25, 0.3) is 0 Å². The molecule has 0 radical (unpaired) electrons. The molecule has 3 rings (SSSR count). The number of rotatable bonds is 2. The molecule has 2 fully saturated rings. The lowest BCUT2D eigenvalue weighted by molar-refractivity contribution is 0.442. The number of nitrogens with zero attached hydrogens (tertiary/aromatic N) is 3. The topological polar surface area (TPSA) is 52.0 Å². The molecule has 4 heteroatoms. The molecule has 0 spiro atoms. The predicted octanol–water partition coefficient (Wildman–Crippen LogP) is 1.39. The van der Waals surface area contributed by atoms with E-state index in [0.29, 0.717) is 11.7 Å². The maximum atomic E-state index is 8.79. The highest BCUT2D eigenvalue weighted by Gasteiger charge is 2.43. The molecule has 1 N–H and O–H groups in total. The summed E-state index contributed by atoms with van der Waals surface area (Å²) >= 11 is 0. The van der Waals surface area contributed by atoms with Crippen LogP contribution in [-0.2, 0) is 0 Å². The molecule has 2 aliphatic rings. The average molecular weight is 242 g/mol. The van der Waals surface area contributed by atoms with E-state index < -0.39 is 0 Å². The van der Waals surface area contributed by atoms with Crippen molar-refractivity contribution in [3.63, 3.8) is 0 Å². The van der Waals surface area contributed by atoms with Crippen molar-refractivity contribution in [2.75, 3.05) is 24.5 Å². The fourth-order valence-corrected chi connectivity index (χ4v) is 3.46. The van der Waals surface area contributed by atoms with Crippen LogP contribution in [0.1, 0.15) is 19.0 Å². The summed E-state index contributed by atoms with van der Waals surface area (Å²) < 4.78 is 0. The maximum Gasteiger partial charge on any atom is 0.140 e. The van der Waals surface area contributed by atoms with Crippen LogP contribution >= 0.6 is 0 Å². The van der Waals surface area contributed by atoms with Crippen molar-refractivity contribution < 1.29 is 0 Å². The van der Waals surface area contributed by atoms with E-state index in [0.717, 1.165) is 37.2 Å². The van der Waals surface area contributed by atoms with E-state index >= 15 is 0 Å². The Kier molecular flexibility index (Phi) is 2.92. The lowest BCUT2D eigenvalue weighted by Crippen LogP contribution is -2.35. The molecule has 3 unspecified atom stereocenters. The van der Waals surface area contributed by atoms with Crippen LogP contribution in [0.15, 0.2) is 18.3 Å². The van der Waals surface area contributed by atoms with E-state index in [2.05, 4.69) is 28.2 Å². The van der Waals surface area contributed by atoms with E-state index in [1.807, 2.05) is 18.3 Å². The summed E-state index contributed by atoms with van der Waals surface area (Å²) in [6.45, 7) is 5.66. The van der Waals surface area contributed by atoms with Crippen LogP contribution in [0.3, 0.4) is 0 Å². The maximum absolute atomic E-state index is 8.79. The van der Waals surface area contributed by atoms with E-state index in [-0.39, 0.29) is 0 Å². The summed E-state index contributed by atoms with van der Waals surface area (Å²) in [5, 5.41) is 12.3. The highest BCUT2D eigenvalue weighted by Crippen LogP contribution is 2.37. The van der Waals surface area contributed by atoms with Crippen LogP contribution in [0.4, 0.5) is 5.69 Å². The van der Waals surface area contributed by atoms with Gasteiger partial charge < -0.3 is 10.2 Å². The second-order valence-electron chi connectivity index (χ2n) is 5.22. The Morgan fingerprint density at radius 2 is 2.39 bits per heavy atom. The SMILES string of the molecule is CCC1C2CNCC2CN1c1ccc(C#N)nc1. The summed E-state index contributed by atoms with van der Waals surface area (Å²) in [5.74, 6) is 1.54. The fourth-order valence-electron chi connectivity index (χ4n) is 3.46. The van der Waals surface area contributed by atoms with Crippen molar-refractivity contribution in [1.29, 1.82) is 5.26 Å². The Hall–Kier alpha value is -1.60. The Balaban J connectivity index is 1.85. The minimum absolute atomic E-state index is 0.493. The van der Waals surface area contributed by atoms with Crippen LogP contribution in [0, 0.1) is 23.2 Å². The molecule has 3 heterocycles. The number of pyridine rings is 1. The molecular weight excluding hydrogens is 224 g/mol. The van der Waals surface area contributed by atoms with Gasteiger partial charge in [-0.2, -0.15) is 5.26 Å². The molecule has 18 heavy (non-hydrogen) atoms. The molecule has 4 nitrogen and oxygen atoms in total.